The first-order chi connectivity index (χ1) is 15.6. The minimum absolute atomic E-state index is 0. The largest absolute Gasteiger partial charge is 0.493 e. The van der Waals surface area contributed by atoms with E-state index in [2.05, 4.69) is 27.9 Å². The second-order valence-corrected chi connectivity index (χ2v) is 7.37. The Morgan fingerprint density at radius 2 is 1.58 bits per heavy atom. The molecule has 7 nitrogen and oxygen atoms in total. The third-order valence-electron chi connectivity index (χ3n) is 4.95. The summed E-state index contributed by atoms with van der Waals surface area (Å²) >= 11 is 0. The number of carbonyl (C=O) groups excluding carboxylic acids is 1. The third-order valence-corrected chi connectivity index (χ3v) is 4.95. The molecule has 1 amide bonds. The summed E-state index contributed by atoms with van der Waals surface area (Å²) in [5, 5.41) is 9.57. The second kappa shape index (κ2) is 16.2. The zero-order chi connectivity index (χ0) is 23.2. The fourth-order valence-corrected chi connectivity index (χ4v) is 3.12. The lowest BCUT2D eigenvalue weighted by molar-refractivity contribution is 0.0953. The van der Waals surface area contributed by atoms with E-state index in [1.165, 1.54) is 0 Å². The standard InChI is InChI=1S/C25H36N4O3.HI/c1-5-7-15-27-24(30)21-11-8-20(9-12-21)18-29-25(26-6-2)28-16-14-19-10-13-22(31-3)23(17-19)32-4;/h8-13,17H,5-7,14-16,18H2,1-4H3,(H,27,30)(H2,26,28,29);1H. The van der Waals surface area contributed by atoms with Gasteiger partial charge in [-0.2, -0.15) is 0 Å². The van der Waals surface area contributed by atoms with E-state index < -0.39 is 0 Å². The Labute approximate surface area is 214 Å². The molecule has 2 rings (SSSR count). The molecule has 0 aliphatic rings. The van der Waals surface area contributed by atoms with Crippen LogP contribution < -0.4 is 25.4 Å². The molecule has 2 aromatic rings. The summed E-state index contributed by atoms with van der Waals surface area (Å²) in [6.45, 7) is 6.90. The van der Waals surface area contributed by atoms with Crippen molar-refractivity contribution in [3.63, 3.8) is 0 Å². The van der Waals surface area contributed by atoms with Crippen LogP contribution in [-0.4, -0.2) is 45.7 Å². The first-order valence-corrected chi connectivity index (χ1v) is 11.2. The van der Waals surface area contributed by atoms with Gasteiger partial charge in [-0.1, -0.05) is 31.5 Å². The number of benzene rings is 2. The number of nitrogens with one attached hydrogen (secondary N) is 3. The van der Waals surface area contributed by atoms with E-state index >= 15 is 0 Å². The van der Waals surface area contributed by atoms with Crippen molar-refractivity contribution in [2.75, 3.05) is 33.9 Å². The van der Waals surface area contributed by atoms with Crippen LogP contribution in [-0.2, 0) is 13.0 Å². The lowest BCUT2D eigenvalue weighted by atomic mass is 10.1. The zero-order valence-corrected chi connectivity index (χ0v) is 22.4. The van der Waals surface area contributed by atoms with Gasteiger partial charge in [0.25, 0.3) is 5.91 Å². The minimum atomic E-state index is -0.0290. The lowest BCUT2D eigenvalue weighted by Gasteiger charge is -2.13. The van der Waals surface area contributed by atoms with Gasteiger partial charge in [-0.3, -0.25) is 4.79 Å². The molecule has 0 aliphatic carbocycles. The molecule has 0 unspecified atom stereocenters. The first-order valence-electron chi connectivity index (χ1n) is 11.2. The molecule has 0 aliphatic heterocycles. The van der Waals surface area contributed by atoms with Crippen molar-refractivity contribution in [3.05, 3.63) is 59.2 Å². The SMILES string of the molecule is CCCCNC(=O)c1ccc(CN=C(NCC)NCCc2ccc(OC)c(OC)c2)cc1.I. The van der Waals surface area contributed by atoms with Gasteiger partial charge in [-0.25, -0.2) is 4.99 Å². The van der Waals surface area contributed by atoms with E-state index in [1.807, 2.05) is 49.4 Å². The number of hydrogen-bond donors (Lipinski definition) is 3. The van der Waals surface area contributed by atoms with Crippen molar-refractivity contribution in [2.45, 2.75) is 39.7 Å². The van der Waals surface area contributed by atoms with Gasteiger partial charge in [0, 0.05) is 25.2 Å². The summed E-state index contributed by atoms with van der Waals surface area (Å²) in [5.41, 5.74) is 2.87. The van der Waals surface area contributed by atoms with Gasteiger partial charge in [0.2, 0.25) is 0 Å². The third kappa shape index (κ3) is 9.89. The van der Waals surface area contributed by atoms with Crippen molar-refractivity contribution >= 4 is 35.8 Å². The molecule has 8 heteroatoms. The Morgan fingerprint density at radius 3 is 2.21 bits per heavy atom. The van der Waals surface area contributed by atoms with Gasteiger partial charge in [-0.15, -0.1) is 24.0 Å². The molecule has 33 heavy (non-hydrogen) atoms. The Kier molecular flexibility index (Phi) is 14.0. The quantitative estimate of drug-likeness (QED) is 0.155. The topological polar surface area (TPSA) is 84.0 Å². The summed E-state index contributed by atoms with van der Waals surface area (Å²) in [7, 11) is 3.27. The molecule has 0 saturated carbocycles. The van der Waals surface area contributed by atoms with Gasteiger partial charge in [-0.05, 0) is 55.2 Å². The average molecular weight is 569 g/mol. The van der Waals surface area contributed by atoms with Crippen molar-refractivity contribution in [1.29, 1.82) is 0 Å². The monoisotopic (exact) mass is 568 g/mol. The van der Waals surface area contributed by atoms with Crippen LogP contribution in [0.25, 0.3) is 0 Å². The highest BCUT2D eigenvalue weighted by atomic mass is 127. The summed E-state index contributed by atoms with van der Waals surface area (Å²) in [6, 6.07) is 13.5. The van der Waals surface area contributed by atoms with Gasteiger partial charge in [0.05, 0.1) is 20.8 Å². The molecule has 182 valence electrons. The van der Waals surface area contributed by atoms with E-state index in [4.69, 9.17) is 9.47 Å². The number of aliphatic imine (C=N–C) groups is 1. The number of hydrogen-bond acceptors (Lipinski definition) is 4. The fourth-order valence-electron chi connectivity index (χ4n) is 3.12. The fraction of sp³-hybridized carbons (Fsp3) is 0.440. The van der Waals surface area contributed by atoms with Crippen molar-refractivity contribution in [3.8, 4) is 11.5 Å². The molecule has 0 aromatic heterocycles. The van der Waals surface area contributed by atoms with Gasteiger partial charge < -0.3 is 25.4 Å². The Balaban J connectivity index is 0.00000544. The number of nitrogens with zero attached hydrogens (tertiary/aromatic N) is 1. The number of ether oxygens (including phenoxy) is 2. The number of unbranched alkanes of at least 4 members (excludes halogenated alkanes) is 1. The molecule has 0 bridgehead atoms. The Hall–Kier alpha value is -2.49. The molecular weight excluding hydrogens is 531 g/mol. The normalized spacial score (nSPS) is 10.7. The van der Waals surface area contributed by atoms with Crippen molar-refractivity contribution in [2.24, 2.45) is 4.99 Å². The predicted molar refractivity (Wildman–Crippen MR) is 145 cm³/mol. The van der Waals surface area contributed by atoms with E-state index in [-0.39, 0.29) is 29.9 Å². The van der Waals surface area contributed by atoms with Gasteiger partial charge >= 0.3 is 0 Å². The highest BCUT2D eigenvalue weighted by molar-refractivity contribution is 14.0. The van der Waals surface area contributed by atoms with Crippen LogP contribution >= 0.6 is 24.0 Å². The maximum absolute atomic E-state index is 12.1. The Morgan fingerprint density at radius 1 is 0.879 bits per heavy atom. The van der Waals surface area contributed by atoms with Crippen LogP contribution in [0, 0.1) is 0 Å². The highest BCUT2D eigenvalue weighted by Crippen LogP contribution is 2.27. The molecule has 2 aromatic carbocycles. The molecular formula is C25H37IN4O3. The van der Waals surface area contributed by atoms with Crippen LogP contribution in [0.15, 0.2) is 47.5 Å². The second-order valence-electron chi connectivity index (χ2n) is 7.37. The van der Waals surface area contributed by atoms with Crippen LogP contribution in [0.2, 0.25) is 0 Å². The van der Waals surface area contributed by atoms with E-state index in [1.54, 1.807) is 14.2 Å². The summed E-state index contributed by atoms with van der Waals surface area (Å²) in [5.74, 6) is 2.18. The molecule has 3 N–H and O–H groups in total. The number of carbonyl (C=O) groups is 1. The number of halogens is 1. The highest BCUT2D eigenvalue weighted by Gasteiger charge is 2.06. The summed E-state index contributed by atoms with van der Waals surface area (Å²) < 4.78 is 10.7. The maximum atomic E-state index is 12.1. The summed E-state index contributed by atoms with van der Waals surface area (Å²) in [4.78, 5) is 16.8. The minimum Gasteiger partial charge on any atom is -0.493 e. The van der Waals surface area contributed by atoms with E-state index in [9.17, 15) is 4.79 Å². The van der Waals surface area contributed by atoms with Gasteiger partial charge in [0.1, 0.15) is 0 Å². The molecule has 0 fully saturated rings. The predicted octanol–water partition coefficient (Wildman–Crippen LogP) is 4.15. The smallest absolute Gasteiger partial charge is 0.251 e. The molecule has 0 saturated heterocycles. The van der Waals surface area contributed by atoms with Crippen LogP contribution in [0.3, 0.4) is 0 Å². The maximum Gasteiger partial charge on any atom is 0.251 e. The lowest BCUT2D eigenvalue weighted by Crippen LogP contribution is -2.38. The Bertz CT molecular complexity index is 872. The number of guanidine groups is 1. The zero-order valence-electron chi connectivity index (χ0n) is 20.1. The van der Waals surface area contributed by atoms with E-state index in [0.29, 0.717) is 18.7 Å². The van der Waals surface area contributed by atoms with Crippen LogP contribution in [0.4, 0.5) is 0 Å². The van der Waals surface area contributed by atoms with Crippen molar-refractivity contribution in [1.82, 2.24) is 16.0 Å². The number of rotatable bonds is 12. The average Bonchev–Trinajstić information content (AvgIpc) is 2.82. The molecule has 0 radical (unpaired) electrons. The van der Waals surface area contributed by atoms with Crippen LogP contribution in [0.5, 0.6) is 11.5 Å². The molecule has 0 heterocycles. The first kappa shape index (κ1) is 28.5. The number of methoxy groups -OCH3 is 2. The van der Waals surface area contributed by atoms with Crippen LogP contribution in [0.1, 0.15) is 48.2 Å². The van der Waals surface area contributed by atoms with Crippen molar-refractivity contribution < 1.29 is 14.3 Å². The van der Waals surface area contributed by atoms with E-state index in [0.717, 1.165) is 60.9 Å². The summed E-state index contributed by atoms with van der Waals surface area (Å²) in [6.07, 6.45) is 2.88. The van der Waals surface area contributed by atoms with Gasteiger partial charge in [0.15, 0.2) is 17.5 Å². The molecule has 0 spiro atoms. The number of amides is 1. The molecule has 0 atom stereocenters.